The molecule has 0 heterocycles. The van der Waals surface area contributed by atoms with Gasteiger partial charge in [0.25, 0.3) is 0 Å². The Labute approximate surface area is 89.4 Å². The molecule has 0 saturated heterocycles. The zero-order chi connectivity index (χ0) is 11.1. The largest absolute Gasteiger partial charge is 0.392 e. The van der Waals surface area contributed by atoms with Crippen LogP contribution < -0.4 is 5.32 Å². The minimum atomic E-state index is 0.187. The van der Waals surface area contributed by atoms with Gasteiger partial charge in [-0.3, -0.25) is 0 Å². The first-order valence-electron chi connectivity index (χ1n) is 5.79. The summed E-state index contributed by atoms with van der Waals surface area (Å²) in [5, 5.41) is 11.4. The number of aliphatic hydroxyl groups is 1. The van der Waals surface area contributed by atoms with Gasteiger partial charge in [-0.05, 0) is 25.9 Å². The molecule has 0 aliphatic rings. The fourth-order valence-corrected chi connectivity index (χ4v) is 0.955. The van der Waals surface area contributed by atoms with Gasteiger partial charge in [0.1, 0.15) is 0 Å². The average molecular weight is 201 g/mol. The fraction of sp³-hybridized carbons (Fsp3) is 0.833. The molecule has 0 fully saturated rings. The Morgan fingerprint density at radius 2 is 1.64 bits per heavy atom. The molecule has 0 amide bonds. The SMILES string of the molecule is CCCCC/C=C/CO.CCNCC. The van der Waals surface area contributed by atoms with Crippen molar-refractivity contribution in [3.05, 3.63) is 12.2 Å². The molecular formula is C12H27NO. The van der Waals surface area contributed by atoms with Gasteiger partial charge in [0.15, 0.2) is 0 Å². The van der Waals surface area contributed by atoms with Crippen molar-refractivity contribution in [2.24, 2.45) is 0 Å². The van der Waals surface area contributed by atoms with Crippen LogP contribution in [0.4, 0.5) is 0 Å². The van der Waals surface area contributed by atoms with Gasteiger partial charge in [-0.15, -0.1) is 0 Å². The summed E-state index contributed by atoms with van der Waals surface area (Å²) >= 11 is 0. The Morgan fingerprint density at radius 1 is 1.00 bits per heavy atom. The molecule has 86 valence electrons. The normalized spacial score (nSPS) is 10.0. The predicted octanol–water partition coefficient (Wildman–Crippen LogP) is 2.73. The zero-order valence-electron chi connectivity index (χ0n) is 10.1. The van der Waals surface area contributed by atoms with Crippen LogP contribution in [0.2, 0.25) is 0 Å². The molecule has 0 spiro atoms. The highest BCUT2D eigenvalue weighted by Gasteiger charge is 1.79. The fourth-order valence-electron chi connectivity index (χ4n) is 0.955. The predicted molar refractivity (Wildman–Crippen MR) is 64.6 cm³/mol. The summed E-state index contributed by atoms with van der Waals surface area (Å²) in [5.41, 5.74) is 0. The molecule has 0 rings (SSSR count). The van der Waals surface area contributed by atoms with E-state index >= 15 is 0 Å². The van der Waals surface area contributed by atoms with E-state index in [0.29, 0.717) is 0 Å². The molecule has 2 heteroatoms. The van der Waals surface area contributed by atoms with E-state index in [4.69, 9.17) is 5.11 Å². The molecule has 0 radical (unpaired) electrons. The van der Waals surface area contributed by atoms with E-state index in [1.165, 1.54) is 19.3 Å². The Morgan fingerprint density at radius 3 is 2.00 bits per heavy atom. The van der Waals surface area contributed by atoms with Gasteiger partial charge >= 0.3 is 0 Å². The lowest BCUT2D eigenvalue weighted by atomic mass is 10.2. The van der Waals surface area contributed by atoms with E-state index in [2.05, 4.69) is 26.1 Å². The first-order chi connectivity index (χ1) is 6.83. The van der Waals surface area contributed by atoms with Crippen LogP contribution in [0.3, 0.4) is 0 Å². The lowest BCUT2D eigenvalue weighted by molar-refractivity contribution is 0.342. The van der Waals surface area contributed by atoms with Gasteiger partial charge in [-0.1, -0.05) is 45.8 Å². The standard InChI is InChI=1S/C8H16O.C4H11N/c1-2-3-4-5-6-7-8-9;1-3-5-4-2/h6-7,9H,2-5,8H2,1H3;5H,3-4H2,1-2H3/b7-6+;. The number of aliphatic hydroxyl groups excluding tert-OH is 1. The quantitative estimate of drug-likeness (QED) is 0.490. The van der Waals surface area contributed by atoms with Crippen molar-refractivity contribution in [2.45, 2.75) is 46.5 Å². The van der Waals surface area contributed by atoms with Crippen molar-refractivity contribution in [1.82, 2.24) is 5.32 Å². The molecule has 2 N–H and O–H groups in total. The molecule has 14 heavy (non-hydrogen) atoms. The Kier molecular flexibility index (Phi) is 21.2. The smallest absolute Gasteiger partial charge is 0.0612 e. The van der Waals surface area contributed by atoms with E-state index in [-0.39, 0.29) is 6.61 Å². The number of hydrogen-bond acceptors (Lipinski definition) is 2. The summed E-state index contributed by atoms with van der Waals surface area (Å²) in [4.78, 5) is 0. The Bertz CT molecular complexity index is 100. The molecule has 0 aromatic heterocycles. The summed E-state index contributed by atoms with van der Waals surface area (Å²) < 4.78 is 0. The maximum Gasteiger partial charge on any atom is 0.0612 e. The maximum atomic E-state index is 8.34. The molecule has 0 atom stereocenters. The highest BCUT2D eigenvalue weighted by molar-refractivity contribution is 4.80. The number of rotatable bonds is 7. The molecule has 0 saturated carbocycles. The lowest BCUT2D eigenvalue weighted by Gasteiger charge is -1.89. The average Bonchev–Trinajstić information content (AvgIpc) is 2.20. The summed E-state index contributed by atoms with van der Waals surface area (Å²) in [5.74, 6) is 0. The van der Waals surface area contributed by atoms with Gasteiger partial charge < -0.3 is 10.4 Å². The molecular weight excluding hydrogens is 174 g/mol. The van der Waals surface area contributed by atoms with Gasteiger partial charge in [-0.25, -0.2) is 0 Å². The van der Waals surface area contributed by atoms with Crippen LogP contribution in [-0.2, 0) is 0 Å². The van der Waals surface area contributed by atoms with Crippen molar-refractivity contribution >= 4 is 0 Å². The minimum absolute atomic E-state index is 0.187. The van der Waals surface area contributed by atoms with Crippen LogP contribution in [-0.4, -0.2) is 24.8 Å². The van der Waals surface area contributed by atoms with Crippen molar-refractivity contribution in [2.75, 3.05) is 19.7 Å². The van der Waals surface area contributed by atoms with Crippen LogP contribution in [0.5, 0.6) is 0 Å². The topological polar surface area (TPSA) is 32.3 Å². The molecule has 0 aliphatic carbocycles. The number of hydrogen-bond donors (Lipinski definition) is 2. The minimum Gasteiger partial charge on any atom is -0.392 e. The van der Waals surface area contributed by atoms with Crippen LogP contribution >= 0.6 is 0 Å². The van der Waals surface area contributed by atoms with E-state index < -0.39 is 0 Å². The van der Waals surface area contributed by atoms with Gasteiger partial charge in [0.2, 0.25) is 0 Å². The Hall–Kier alpha value is -0.340. The van der Waals surface area contributed by atoms with Gasteiger partial charge in [0, 0.05) is 0 Å². The summed E-state index contributed by atoms with van der Waals surface area (Å²) in [6.07, 6.45) is 8.79. The lowest BCUT2D eigenvalue weighted by Crippen LogP contribution is -2.09. The second-order valence-corrected chi connectivity index (χ2v) is 3.11. The molecule has 0 bridgehead atoms. The van der Waals surface area contributed by atoms with E-state index in [1.807, 2.05) is 6.08 Å². The van der Waals surface area contributed by atoms with Crippen LogP contribution in [0.25, 0.3) is 0 Å². The third-order valence-electron chi connectivity index (χ3n) is 1.75. The summed E-state index contributed by atoms with van der Waals surface area (Å²) in [6, 6.07) is 0. The second-order valence-electron chi connectivity index (χ2n) is 3.11. The van der Waals surface area contributed by atoms with E-state index in [1.54, 1.807) is 6.08 Å². The highest BCUT2D eigenvalue weighted by atomic mass is 16.2. The first kappa shape index (κ1) is 16.1. The summed E-state index contributed by atoms with van der Waals surface area (Å²) in [7, 11) is 0. The molecule has 0 unspecified atom stereocenters. The van der Waals surface area contributed by atoms with Crippen molar-refractivity contribution < 1.29 is 5.11 Å². The van der Waals surface area contributed by atoms with Crippen LogP contribution in [0.15, 0.2) is 12.2 Å². The van der Waals surface area contributed by atoms with Gasteiger partial charge in [0.05, 0.1) is 6.61 Å². The number of unbranched alkanes of at least 4 members (excludes halogenated alkanes) is 3. The van der Waals surface area contributed by atoms with Crippen molar-refractivity contribution in [3.8, 4) is 0 Å². The van der Waals surface area contributed by atoms with Gasteiger partial charge in [-0.2, -0.15) is 0 Å². The number of allylic oxidation sites excluding steroid dienone is 1. The molecule has 2 nitrogen and oxygen atoms in total. The van der Waals surface area contributed by atoms with E-state index in [9.17, 15) is 0 Å². The summed E-state index contributed by atoms with van der Waals surface area (Å²) in [6.45, 7) is 8.77. The number of nitrogens with one attached hydrogen (secondary N) is 1. The van der Waals surface area contributed by atoms with Crippen molar-refractivity contribution in [1.29, 1.82) is 0 Å². The molecule has 0 aromatic rings. The monoisotopic (exact) mass is 201 g/mol. The van der Waals surface area contributed by atoms with Crippen LogP contribution in [0, 0.1) is 0 Å². The zero-order valence-corrected chi connectivity index (χ0v) is 10.1. The molecule has 0 aliphatic heterocycles. The van der Waals surface area contributed by atoms with E-state index in [0.717, 1.165) is 19.5 Å². The third-order valence-corrected chi connectivity index (χ3v) is 1.75. The Balaban J connectivity index is 0. The van der Waals surface area contributed by atoms with Crippen molar-refractivity contribution in [3.63, 3.8) is 0 Å². The molecule has 0 aromatic carbocycles. The highest BCUT2D eigenvalue weighted by Crippen LogP contribution is 1.98. The third kappa shape index (κ3) is 22.6. The van der Waals surface area contributed by atoms with Crippen LogP contribution in [0.1, 0.15) is 46.5 Å². The maximum absolute atomic E-state index is 8.34. The second kappa shape index (κ2) is 18.4. The first-order valence-corrected chi connectivity index (χ1v) is 5.79.